The molecule has 6 nitrogen and oxygen atoms in total. The quantitative estimate of drug-likeness (QED) is 0.416. The van der Waals surface area contributed by atoms with Crippen LogP contribution in [0.25, 0.3) is 0 Å². The lowest BCUT2D eigenvalue weighted by atomic mass is 10.1. The third-order valence-electron chi connectivity index (χ3n) is 5.00. The third kappa shape index (κ3) is 5.55. The second-order valence-corrected chi connectivity index (χ2v) is 8.10. The van der Waals surface area contributed by atoms with E-state index in [4.69, 9.17) is 4.74 Å². The minimum atomic E-state index is -0.304. The Hall–Kier alpha value is -2.51. The molecular weight excluding hydrogens is 448 g/mol. The molecule has 7 heteroatoms. The zero-order valence-corrected chi connectivity index (χ0v) is 18.5. The van der Waals surface area contributed by atoms with Crippen molar-refractivity contribution in [1.29, 1.82) is 0 Å². The van der Waals surface area contributed by atoms with Crippen molar-refractivity contribution in [2.45, 2.75) is 32.3 Å². The molecule has 0 saturated heterocycles. The number of hydrogen-bond donors (Lipinski definition) is 1. The van der Waals surface area contributed by atoms with E-state index in [0.29, 0.717) is 30.7 Å². The molecule has 3 rings (SSSR count). The smallest absolute Gasteiger partial charge is 0.261 e. The minimum Gasteiger partial charge on any atom is -0.374 e. The monoisotopic (exact) mass is 472 g/mol. The lowest BCUT2D eigenvalue weighted by molar-refractivity contribution is -0.121. The summed E-state index contributed by atoms with van der Waals surface area (Å²) in [6, 6.07) is 15.0. The number of imide groups is 1. The van der Waals surface area contributed by atoms with Gasteiger partial charge in [0.1, 0.15) is 0 Å². The Morgan fingerprint density at radius 3 is 2.57 bits per heavy atom. The number of carbonyl (C=O) groups excluding carboxylic acids is 3. The second kappa shape index (κ2) is 10.5. The van der Waals surface area contributed by atoms with Crippen LogP contribution in [-0.4, -0.2) is 42.3 Å². The molecule has 1 N–H and O–H groups in total. The lowest BCUT2D eigenvalue weighted by Crippen LogP contribution is -2.32. The van der Waals surface area contributed by atoms with Gasteiger partial charge in [-0.3, -0.25) is 19.3 Å². The van der Waals surface area contributed by atoms with Crippen molar-refractivity contribution >= 4 is 33.7 Å². The van der Waals surface area contributed by atoms with Gasteiger partial charge in [-0.15, -0.1) is 0 Å². The predicted octanol–water partition coefficient (Wildman–Crippen LogP) is 4.11. The molecule has 0 saturated carbocycles. The summed E-state index contributed by atoms with van der Waals surface area (Å²) in [5.74, 6) is -0.695. The number of amides is 3. The highest BCUT2D eigenvalue weighted by Gasteiger charge is 2.35. The fraction of sp³-hybridized carbons (Fsp3) is 0.348. The molecule has 30 heavy (non-hydrogen) atoms. The maximum absolute atomic E-state index is 12.4. The highest BCUT2D eigenvalue weighted by atomic mass is 79.9. The van der Waals surface area contributed by atoms with E-state index < -0.39 is 0 Å². The van der Waals surface area contributed by atoms with Crippen molar-refractivity contribution in [3.63, 3.8) is 0 Å². The van der Waals surface area contributed by atoms with E-state index in [1.807, 2.05) is 37.3 Å². The van der Waals surface area contributed by atoms with Crippen molar-refractivity contribution in [1.82, 2.24) is 10.2 Å². The predicted molar refractivity (Wildman–Crippen MR) is 117 cm³/mol. The van der Waals surface area contributed by atoms with Crippen molar-refractivity contribution < 1.29 is 19.1 Å². The van der Waals surface area contributed by atoms with E-state index in [0.717, 1.165) is 16.5 Å². The summed E-state index contributed by atoms with van der Waals surface area (Å²) in [5, 5.41) is 2.86. The Bertz CT molecular complexity index is 917. The van der Waals surface area contributed by atoms with Crippen LogP contribution in [0.1, 0.15) is 58.6 Å². The van der Waals surface area contributed by atoms with Crippen LogP contribution in [0.3, 0.4) is 0 Å². The third-order valence-corrected chi connectivity index (χ3v) is 5.49. The van der Waals surface area contributed by atoms with Crippen molar-refractivity contribution in [2.75, 3.05) is 19.7 Å². The van der Waals surface area contributed by atoms with E-state index in [1.54, 1.807) is 18.2 Å². The Balaban J connectivity index is 1.31. The summed E-state index contributed by atoms with van der Waals surface area (Å²) in [7, 11) is 0. The first kappa shape index (κ1) is 22.2. The van der Waals surface area contributed by atoms with Crippen LogP contribution in [-0.2, 0) is 9.53 Å². The molecule has 0 radical (unpaired) electrons. The maximum Gasteiger partial charge on any atom is 0.261 e. The lowest BCUT2D eigenvalue weighted by Gasteiger charge is -2.14. The molecule has 1 aliphatic rings. The molecule has 1 aliphatic heterocycles. The van der Waals surface area contributed by atoms with Crippen molar-refractivity contribution in [2.24, 2.45) is 0 Å². The number of benzene rings is 2. The van der Waals surface area contributed by atoms with Gasteiger partial charge < -0.3 is 10.1 Å². The molecule has 1 atom stereocenters. The number of hydrogen-bond acceptors (Lipinski definition) is 4. The first-order valence-electron chi connectivity index (χ1n) is 10.1. The van der Waals surface area contributed by atoms with Gasteiger partial charge >= 0.3 is 0 Å². The molecule has 0 spiro atoms. The number of fused-ring (bicyclic) bond motifs is 1. The number of carbonyl (C=O) groups is 3. The van der Waals surface area contributed by atoms with Gasteiger partial charge in [-0.2, -0.15) is 0 Å². The van der Waals surface area contributed by atoms with Crippen LogP contribution in [0.15, 0.2) is 53.0 Å². The van der Waals surface area contributed by atoms with Gasteiger partial charge in [0.25, 0.3) is 11.8 Å². The first-order valence-corrected chi connectivity index (χ1v) is 10.9. The Labute approximate surface area is 184 Å². The molecule has 0 fully saturated rings. The molecule has 0 aromatic heterocycles. The Morgan fingerprint density at radius 1 is 1.07 bits per heavy atom. The van der Waals surface area contributed by atoms with E-state index in [2.05, 4.69) is 21.2 Å². The highest BCUT2D eigenvalue weighted by Crippen LogP contribution is 2.26. The van der Waals surface area contributed by atoms with Crippen LogP contribution in [0.4, 0.5) is 0 Å². The summed E-state index contributed by atoms with van der Waals surface area (Å²) >= 11 is 3.31. The summed E-state index contributed by atoms with van der Waals surface area (Å²) in [6.07, 6.45) is 1.43. The molecule has 2 aromatic carbocycles. The normalized spacial score (nSPS) is 14.0. The summed E-state index contributed by atoms with van der Waals surface area (Å²) < 4.78 is 6.54. The summed E-state index contributed by atoms with van der Waals surface area (Å²) in [5.41, 5.74) is 1.95. The Kier molecular flexibility index (Phi) is 7.76. The molecule has 1 heterocycles. The van der Waals surface area contributed by atoms with Gasteiger partial charge in [-0.1, -0.05) is 46.3 Å². The summed E-state index contributed by atoms with van der Waals surface area (Å²) in [4.78, 5) is 38.0. The van der Waals surface area contributed by atoms with Crippen molar-refractivity contribution in [3.8, 4) is 0 Å². The number of nitrogens with zero attached hydrogens (tertiary/aromatic N) is 1. The van der Waals surface area contributed by atoms with Gasteiger partial charge in [0.2, 0.25) is 5.91 Å². The van der Waals surface area contributed by atoms with Gasteiger partial charge in [-0.05, 0) is 43.5 Å². The van der Waals surface area contributed by atoms with Gasteiger partial charge in [0.15, 0.2) is 0 Å². The largest absolute Gasteiger partial charge is 0.374 e. The standard InChI is InChI=1S/C23H25BrN2O4/c1-16(17-7-3-2-4-8-17)30-14-6-12-25-21(27)9-5-13-26-22(28)19-11-10-18(24)15-20(19)23(26)29/h2-4,7-8,10-11,15-16H,5-6,9,12-14H2,1H3,(H,25,27). The van der Waals surface area contributed by atoms with Crippen LogP contribution in [0.5, 0.6) is 0 Å². The second-order valence-electron chi connectivity index (χ2n) is 7.18. The molecule has 1 unspecified atom stereocenters. The summed E-state index contributed by atoms with van der Waals surface area (Å²) in [6.45, 7) is 3.32. The van der Waals surface area contributed by atoms with Crippen LogP contribution < -0.4 is 5.32 Å². The zero-order valence-electron chi connectivity index (χ0n) is 16.9. The SMILES string of the molecule is CC(OCCCNC(=O)CCCN1C(=O)c2ccc(Br)cc2C1=O)c1ccccc1. The zero-order chi connectivity index (χ0) is 21.5. The van der Waals surface area contributed by atoms with Crippen LogP contribution >= 0.6 is 15.9 Å². The topological polar surface area (TPSA) is 75.7 Å². The first-order chi connectivity index (χ1) is 14.5. The van der Waals surface area contributed by atoms with Gasteiger partial charge in [0.05, 0.1) is 17.2 Å². The van der Waals surface area contributed by atoms with E-state index in [-0.39, 0.29) is 36.8 Å². The maximum atomic E-state index is 12.4. The fourth-order valence-corrected chi connectivity index (χ4v) is 3.69. The van der Waals surface area contributed by atoms with Crippen LogP contribution in [0.2, 0.25) is 0 Å². The average molecular weight is 473 g/mol. The molecular formula is C23H25BrN2O4. The number of nitrogens with one attached hydrogen (secondary N) is 1. The molecule has 3 amide bonds. The van der Waals surface area contributed by atoms with E-state index in [1.165, 1.54) is 4.90 Å². The Morgan fingerprint density at radius 2 is 1.80 bits per heavy atom. The fourth-order valence-electron chi connectivity index (χ4n) is 3.33. The average Bonchev–Trinajstić information content (AvgIpc) is 2.98. The van der Waals surface area contributed by atoms with Gasteiger partial charge in [0, 0.05) is 30.6 Å². The van der Waals surface area contributed by atoms with E-state index >= 15 is 0 Å². The molecule has 2 aromatic rings. The molecule has 158 valence electrons. The minimum absolute atomic E-state index is 0.0159. The van der Waals surface area contributed by atoms with E-state index in [9.17, 15) is 14.4 Å². The number of ether oxygens (including phenoxy) is 1. The molecule has 0 aliphatic carbocycles. The highest BCUT2D eigenvalue weighted by molar-refractivity contribution is 9.10. The van der Waals surface area contributed by atoms with Crippen molar-refractivity contribution in [3.05, 3.63) is 69.7 Å². The number of rotatable bonds is 10. The van der Waals surface area contributed by atoms with Gasteiger partial charge in [-0.25, -0.2) is 0 Å². The molecule has 0 bridgehead atoms. The number of halogens is 1. The van der Waals surface area contributed by atoms with Crippen LogP contribution in [0, 0.1) is 0 Å².